The van der Waals surface area contributed by atoms with Crippen molar-refractivity contribution in [3.63, 3.8) is 0 Å². The van der Waals surface area contributed by atoms with Gasteiger partial charge in [0.25, 0.3) is 0 Å². The summed E-state index contributed by atoms with van der Waals surface area (Å²) < 4.78 is 0. The second kappa shape index (κ2) is 7.54. The van der Waals surface area contributed by atoms with E-state index < -0.39 is 5.97 Å². The number of carboxylic acid groups (broad SMARTS) is 1. The van der Waals surface area contributed by atoms with Crippen LogP contribution in [0.5, 0.6) is 0 Å². The first-order chi connectivity index (χ1) is 7.17. The quantitative estimate of drug-likeness (QED) is 0.570. The summed E-state index contributed by atoms with van der Waals surface area (Å²) in [6.45, 7) is 5.42. The SMILES string of the molecule is CCNc1cc(NCC)cc(C(=O)[O-])c1.[Na+]. The number of aromatic carboxylic acids is 1. The molecule has 4 nitrogen and oxygen atoms in total. The molecule has 82 valence electrons. The van der Waals surface area contributed by atoms with Gasteiger partial charge >= 0.3 is 29.6 Å². The van der Waals surface area contributed by atoms with Crippen LogP contribution in [0.3, 0.4) is 0 Å². The van der Waals surface area contributed by atoms with Crippen LogP contribution < -0.4 is 45.3 Å². The molecular formula is C11H15N2NaO2. The Bertz CT molecular complexity index is 332. The van der Waals surface area contributed by atoms with Crippen molar-refractivity contribution in [2.75, 3.05) is 23.7 Å². The molecule has 5 heteroatoms. The Morgan fingerprint density at radius 2 is 1.56 bits per heavy atom. The second-order valence-electron chi connectivity index (χ2n) is 3.15. The number of carbonyl (C=O) groups excluding carboxylic acids is 1. The van der Waals surface area contributed by atoms with Crippen molar-refractivity contribution in [1.29, 1.82) is 0 Å². The van der Waals surface area contributed by atoms with Gasteiger partial charge in [0.1, 0.15) is 0 Å². The maximum Gasteiger partial charge on any atom is 1.00 e. The Hall–Kier alpha value is -0.710. The summed E-state index contributed by atoms with van der Waals surface area (Å²) in [6, 6.07) is 5.01. The van der Waals surface area contributed by atoms with Crippen LogP contribution in [0, 0.1) is 0 Å². The molecule has 1 aromatic carbocycles. The van der Waals surface area contributed by atoms with Crippen LogP contribution in [-0.2, 0) is 0 Å². The van der Waals surface area contributed by atoms with E-state index >= 15 is 0 Å². The third-order valence-electron chi connectivity index (χ3n) is 1.93. The summed E-state index contributed by atoms with van der Waals surface area (Å²) in [5.74, 6) is -1.16. The normalized spacial score (nSPS) is 9.12. The summed E-state index contributed by atoms with van der Waals surface area (Å²) in [4.78, 5) is 10.7. The Labute approximate surface area is 118 Å². The van der Waals surface area contributed by atoms with Crippen molar-refractivity contribution < 1.29 is 39.5 Å². The zero-order valence-electron chi connectivity index (χ0n) is 9.96. The Morgan fingerprint density at radius 3 is 1.88 bits per heavy atom. The largest absolute Gasteiger partial charge is 1.00 e. The van der Waals surface area contributed by atoms with Crippen LogP contribution in [0.15, 0.2) is 18.2 Å². The fraction of sp³-hybridized carbons (Fsp3) is 0.364. The fourth-order valence-corrected chi connectivity index (χ4v) is 1.36. The summed E-state index contributed by atoms with van der Waals surface area (Å²) in [7, 11) is 0. The number of hydrogen-bond acceptors (Lipinski definition) is 4. The molecule has 0 aliphatic heterocycles. The summed E-state index contributed by atoms with van der Waals surface area (Å²) >= 11 is 0. The van der Waals surface area contributed by atoms with Crippen molar-refractivity contribution in [2.24, 2.45) is 0 Å². The molecule has 0 atom stereocenters. The van der Waals surface area contributed by atoms with E-state index in [1.165, 1.54) is 0 Å². The van der Waals surface area contributed by atoms with Crippen LogP contribution in [0.1, 0.15) is 24.2 Å². The van der Waals surface area contributed by atoms with E-state index in [1.807, 2.05) is 19.9 Å². The molecule has 1 rings (SSSR count). The van der Waals surface area contributed by atoms with E-state index in [9.17, 15) is 9.90 Å². The van der Waals surface area contributed by atoms with Gasteiger partial charge in [0.15, 0.2) is 0 Å². The molecule has 0 saturated heterocycles. The van der Waals surface area contributed by atoms with Crippen molar-refractivity contribution in [3.05, 3.63) is 23.8 Å². The number of carboxylic acids is 1. The zero-order chi connectivity index (χ0) is 11.3. The average Bonchev–Trinajstić information content (AvgIpc) is 2.18. The van der Waals surface area contributed by atoms with Gasteiger partial charge in [0.05, 0.1) is 5.97 Å². The van der Waals surface area contributed by atoms with Crippen molar-refractivity contribution in [2.45, 2.75) is 13.8 Å². The number of nitrogens with one attached hydrogen (secondary N) is 2. The molecule has 2 N–H and O–H groups in total. The molecule has 0 aliphatic carbocycles. The molecule has 0 bridgehead atoms. The molecule has 0 amide bonds. The van der Waals surface area contributed by atoms with Gasteiger partial charge < -0.3 is 20.5 Å². The summed E-state index contributed by atoms with van der Waals surface area (Å²) in [5.41, 5.74) is 1.76. The average molecular weight is 230 g/mol. The van der Waals surface area contributed by atoms with Crippen LogP contribution in [-0.4, -0.2) is 19.1 Å². The molecule has 0 heterocycles. The van der Waals surface area contributed by atoms with Gasteiger partial charge in [0.2, 0.25) is 0 Å². The minimum Gasteiger partial charge on any atom is -0.545 e. The first-order valence-electron chi connectivity index (χ1n) is 5.01. The molecule has 0 aromatic heterocycles. The van der Waals surface area contributed by atoms with E-state index in [1.54, 1.807) is 12.1 Å². The van der Waals surface area contributed by atoms with E-state index in [-0.39, 0.29) is 35.1 Å². The predicted octanol–water partition coefficient (Wildman–Crippen LogP) is -2.08. The maximum absolute atomic E-state index is 10.7. The van der Waals surface area contributed by atoms with Crippen LogP contribution in [0.4, 0.5) is 11.4 Å². The number of anilines is 2. The number of benzene rings is 1. The minimum absolute atomic E-state index is 0. The van der Waals surface area contributed by atoms with Gasteiger partial charge in [0, 0.05) is 30.0 Å². The summed E-state index contributed by atoms with van der Waals surface area (Å²) in [5, 5.41) is 16.9. The van der Waals surface area contributed by atoms with Crippen molar-refractivity contribution in [3.8, 4) is 0 Å². The number of carbonyl (C=O) groups is 1. The van der Waals surface area contributed by atoms with Gasteiger partial charge in [-0.1, -0.05) is 0 Å². The van der Waals surface area contributed by atoms with Gasteiger partial charge in [-0.05, 0) is 32.0 Å². The zero-order valence-corrected chi connectivity index (χ0v) is 12.0. The molecule has 0 saturated carbocycles. The van der Waals surface area contributed by atoms with E-state index in [0.717, 1.165) is 24.5 Å². The molecule has 0 spiro atoms. The number of rotatable bonds is 5. The molecule has 0 radical (unpaired) electrons. The molecule has 0 aliphatic rings. The minimum atomic E-state index is -1.16. The number of hydrogen-bond donors (Lipinski definition) is 2. The molecule has 0 fully saturated rings. The van der Waals surface area contributed by atoms with E-state index in [4.69, 9.17) is 0 Å². The monoisotopic (exact) mass is 230 g/mol. The molecule has 16 heavy (non-hydrogen) atoms. The predicted molar refractivity (Wildman–Crippen MR) is 59.1 cm³/mol. The molecule has 0 unspecified atom stereocenters. The van der Waals surface area contributed by atoms with Gasteiger partial charge in [-0.2, -0.15) is 0 Å². The van der Waals surface area contributed by atoms with Crippen LogP contribution >= 0.6 is 0 Å². The standard InChI is InChI=1S/C11H16N2O2.Na/c1-3-12-9-5-8(11(14)15)6-10(7-9)13-4-2;/h5-7,12-13H,3-4H2,1-2H3,(H,14,15);/q;+1/p-1. The first kappa shape index (κ1) is 15.3. The Morgan fingerprint density at radius 1 is 1.12 bits per heavy atom. The van der Waals surface area contributed by atoms with Crippen molar-refractivity contribution >= 4 is 17.3 Å². The second-order valence-corrected chi connectivity index (χ2v) is 3.15. The van der Waals surface area contributed by atoms with Gasteiger partial charge in [-0.15, -0.1) is 0 Å². The van der Waals surface area contributed by atoms with E-state index in [2.05, 4.69) is 10.6 Å². The Balaban J connectivity index is 0.00000225. The smallest absolute Gasteiger partial charge is 0.545 e. The van der Waals surface area contributed by atoms with Crippen LogP contribution in [0.25, 0.3) is 0 Å². The van der Waals surface area contributed by atoms with Crippen LogP contribution in [0.2, 0.25) is 0 Å². The molecular weight excluding hydrogens is 215 g/mol. The van der Waals surface area contributed by atoms with Gasteiger partial charge in [-0.25, -0.2) is 0 Å². The molecule has 1 aromatic rings. The fourth-order valence-electron chi connectivity index (χ4n) is 1.36. The maximum atomic E-state index is 10.7. The topological polar surface area (TPSA) is 64.2 Å². The summed E-state index contributed by atoms with van der Waals surface area (Å²) in [6.07, 6.45) is 0. The van der Waals surface area contributed by atoms with Crippen molar-refractivity contribution in [1.82, 2.24) is 0 Å². The third-order valence-corrected chi connectivity index (χ3v) is 1.93. The Kier molecular flexibility index (Phi) is 7.21. The van der Waals surface area contributed by atoms with E-state index in [0.29, 0.717) is 0 Å². The third kappa shape index (κ3) is 4.43. The first-order valence-corrected chi connectivity index (χ1v) is 5.01. The van der Waals surface area contributed by atoms with Gasteiger partial charge in [-0.3, -0.25) is 0 Å².